The maximum Gasteiger partial charge on any atom is 0.434 e. The Balaban J connectivity index is 2.37. The highest BCUT2D eigenvalue weighted by Crippen LogP contribution is 2.29. The van der Waals surface area contributed by atoms with Crippen molar-refractivity contribution in [2.24, 2.45) is 4.99 Å². The molecule has 0 unspecified atom stereocenters. The van der Waals surface area contributed by atoms with Crippen molar-refractivity contribution in [3.05, 3.63) is 66.2 Å². The zero-order valence-corrected chi connectivity index (χ0v) is 16.5. The van der Waals surface area contributed by atoms with Crippen LogP contribution < -0.4 is 0 Å². The van der Waals surface area contributed by atoms with Crippen molar-refractivity contribution in [1.29, 1.82) is 0 Å². The second kappa shape index (κ2) is 9.91. The first kappa shape index (κ1) is 22.9. The summed E-state index contributed by atoms with van der Waals surface area (Å²) in [6.45, 7) is 3.57. The number of benzene rings is 1. The number of rotatable bonds is 8. The molecule has 0 radical (unpaired) electrons. The summed E-state index contributed by atoms with van der Waals surface area (Å²) >= 11 is 0. The lowest BCUT2D eigenvalue weighted by Gasteiger charge is -2.25. The molecule has 0 amide bonds. The van der Waals surface area contributed by atoms with Crippen molar-refractivity contribution in [2.45, 2.75) is 12.6 Å². The van der Waals surface area contributed by atoms with Crippen molar-refractivity contribution >= 4 is 23.0 Å². The maximum atomic E-state index is 13.2. The molecule has 1 heterocycles. The van der Waals surface area contributed by atoms with Gasteiger partial charge < -0.3 is 14.4 Å². The van der Waals surface area contributed by atoms with E-state index < -0.39 is 23.6 Å². The lowest BCUT2D eigenvalue weighted by Crippen LogP contribution is -2.36. The van der Waals surface area contributed by atoms with E-state index in [9.17, 15) is 22.8 Å². The number of carbonyl (C=O) groups excluding carboxylic acids is 2. The third kappa shape index (κ3) is 5.59. The van der Waals surface area contributed by atoms with E-state index in [1.807, 2.05) is 0 Å². The minimum Gasteiger partial charge on any atom is -0.503 e. The molecule has 0 saturated carbocycles. The van der Waals surface area contributed by atoms with E-state index in [2.05, 4.69) is 11.6 Å². The first-order valence-corrected chi connectivity index (χ1v) is 8.85. The number of halogens is 3. The van der Waals surface area contributed by atoms with Crippen LogP contribution >= 0.6 is 0 Å². The van der Waals surface area contributed by atoms with Crippen LogP contribution in [0.4, 0.5) is 13.2 Å². The highest BCUT2D eigenvalue weighted by atomic mass is 19.4. The van der Waals surface area contributed by atoms with Crippen LogP contribution in [0, 0.1) is 0 Å². The summed E-state index contributed by atoms with van der Waals surface area (Å²) in [5, 5.41) is 0. The monoisotopic (exact) mass is 422 g/mol. The van der Waals surface area contributed by atoms with Crippen LogP contribution in [-0.2, 0) is 25.5 Å². The van der Waals surface area contributed by atoms with Crippen LogP contribution in [0.25, 0.3) is 5.57 Å². The van der Waals surface area contributed by atoms with Crippen molar-refractivity contribution in [3.63, 3.8) is 0 Å². The van der Waals surface area contributed by atoms with E-state index in [0.717, 1.165) is 6.20 Å². The molecule has 1 aromatic carbocycles. The van der Waals surface area contributed by atoms with E-state index in [1.54, 1.807) is 24.3 Å². The predicted octanol–water partition coefficient (Wildman–Crippen LogP) is 3.30. The molecule has 0 aromatic heterocycles. The zero-order chi connectivity index (χ0) is 22.3. The lowest BCUT2D eigenvalue weighted by molar-refractivity contribution is -0.133. The SMILES string of the molecule is C=CCN1C=C(C(F)(F)F)N=C(C(=O)Cc2ccccc2C(=COC)C(=O)OC)C1. The summed E-state index contributed by atoms with van der Waals surface area (Å²) in [5.41, 5.74) is -0.487. The second-order valence-electron chi connectivity index (χ2n) is 6.30. The van der Waals surface area contributed by atoms with Gasteiger partial charge in [0.15, 0.2) is 11.5 Å². The Morgan fingerprint density at radius 3 is 2.57 bits per heavy atom. The molecule has 0 bridgehead atoms. The molecule has 1 aromatic rings. The molecule has 2 rings (SSSR count). The third-order valence-electron chi connectivity index (χ3n) is 4.19. The Hall–Kier alpha value is -3.36. The van der Waals surface area contributed by atoms with Gasteiger partial charge in [-0.3, -0.25) is 4.79 Å². The van der Waals surface area contributed by atoms with Gasteiger partial charge in [0.05, 0.1) is 27.0 Å². The number of ketones is 1. The molecular weight excluding hydrogens is 401 g/mol. The van der Waals surface area contributed by atoms with Gasteiger partial charge in [-0.1, -0.05) is 30.3 Å². The zero-order valence-electron chi connectivity index (χ0n) is 16.5. The van der Waals surface area contributed by atoms with Crippen molar-refractivity contribution in [1.82, 2.24) is 4.90 Å². The molecule has 0 fully saturated rings. The average Bonchev–Trinajstić information content (AvgIpc) is 2.71. The molecule has 160 valence electrons. The van der Waals surface area contributed by atoms with E-state index in [1.165, 1.54) is 31.5 Å². The lowest BCUT2D eigenvalue weighted by atomic mass is 9.95. The second-order valence-corrected chi connectivity index (χ2v) is 6.30. The van der Waals surface area contributed by atoms with Gasteiger partial charge in [-0.15, -0.1) is 6.58 Å². The molecule has 1 aliphatic rings. The Labute approximate surface area is 172 Å². The van der Waals surface area contributed by atoms with Gasteiger partial charge in [-0.2, -0.15) is 13.2 Å². The number of hydrogen-bond acceptors (Lipinski definition) is 6. The summed E-state index contributed by atoms with van der Waals surface area (Å²) < 4.78 is 49.2. The largest absolute Gasteiger partial charge is 0.503 e. The number of methoxy groups -OCH3 is 2. The minimum atomic E-state index is -4.69. The summed E-state index contributed by atoms with van der Waals surface area (Å²) in [7, 11) is 2.56. The van der Waals surface area contributed by atoms with Crippen LogP contribution in [0.5, 0.6) is 0 Å². The van der Waals surface area contributed by atoms with Crippen molar-refractivity contribution < 1.29 is 32.2 Å². The number of ether oxygens (including phenoxy) is 2. The summed E-state index contributed by atoms with van der Waals surface area (Å²) in [6.07, 6.45) is -1.46. The first-order valence-electron chi connectivity index (χ1n) is 8.85. The van der Waals surface area contributed by atoms with Crippen LogP contribution in [-0.4, -0.2) is 55.8 Å². The van der Waals surface area contributed by atoms with Crippen LogP contribution in [0.3, 0.4) is 0 Å². The van der Waals surface area contributed by atoms with Gasteiger partial charge in [-0.05, 0) is 11.1 Å². The van der Waals surface area contributed by atoms with Gasteiger partial charge >= 0.3 is 12.1 Å². The van der Waals surface area contributed by atoms with Gasteiger partial charge in [0, 0.05) is 19.2 Å². The number of esters is 1. The number of allylic oxidation sites excluding steroid dienone is 1. The van der Waals surface area contributed by atoms with Gasteiger partial charge in [0.1, 0.15) is 11.3 Å². The van der Waals surface area contributed by atoms with Gasteiger partial charge in [0.25, 0.3) is 0 Å². The molecule has 0 aliphatic carbocycles. The Bertz CT molecular complexity index is 917. The number of Topliss-reactive ketones (excluding diaryl/α,β-unsaturated/α-hetero) is 1. The molecule has 6 nitrogen and oxygen atoms in total. The molecule has 9 heteroatoms. The quantitative estimate of drug-likeness (QED) is 0.278. The molecule has 1 aliphatic heterocycles. The molecule has 0 saturated heterocycles. The Kier molecular flexibility index (Phi) is 7.57. The number of carbonyl (C=O) groups is 2. The Morgan fingerprint density at radius 1 is 1.27 bits per heavy atom. The first-order chi connectivity index (χ1) is 14.2. The number of aliphatic imine (C=N–C) groups is 1. The molecule has 30 heavy (non-hydrogen) atoms. The highest BCUT2D eigenvalue weighted by molar-refractivity contribution is 6.41. The van der Waals surface area contributed by atoms with E-state index in [0.29, 0.717) is 11.1 Å². The molecular formula is C21H21F3N2O4. The van der Waals surface area contributed by atoms with Crippen LogP contribution in [0.2, 0.25) is 0 Å². The fraction of sp³-hybridized carbons (Fsp3) is 0.286. The summed E-state index contributed by atoms with van der Waals surface area (Å²) in [6, 6.07) is 6.51. The fourth-order valence-electron chi connectivity index (χ4n) is 2.85. The van der Waals surface area contributed by atoms with E-state index >= 15 is 0 Å². The number of nitrogens with zero attached hydrogens (tertiary/aromatic N) is 2. The number of hydrogen-bond donors (Lipinski definition) is 0. The smallest absolute Gasteiger partial charge is 0.434 e. The third-order valence-corrected chi connectivity index (χ3v) is 4.19. The van der Waals surface area contributed by atoms with Gasteiger partial charge in [0.2, 0.25) is 0 Å². The van der Waals surface area contributed by atoms with Crippen molar-refractivity contribution in [3.8, 4) is 0 Å². The van der Waals surface area contributed by atoms with E-state index in [-0.39, 0.29) is 30.8 Å². The average molecular weight is 422 g/mol. The topological polar surface area (TPSA) is 68.2 Å². The summed E-state index contributed by atoms with van der Waals surface area (Å²) in [5.74, 6) is -1.26. The fourth-order valence-corrected chi connectivity index (χ4v) is 2.85. The maximum absolute atomic E-state index is 13.2. The normalized spacial score (nSPS) is 14.6. The predicted molar refractivity (Wildman–Crippen MR) is 105 cm³/mol. The van der Waals surface area contributed by atoms with E-state index in [4.69, 9.17) is 9.47 Å². The van der Waals surface area contributed by atoms with Gasteiger partial charge in [-0.25, -0.2) is 9.79 Å². The molecule has 0 N–H and O–H groups in total. The minimum absolute atomic E-state index is 0.0790. The molecule has 0 atom stereocenters. The molecule has 0 spiro atoms. The van der Waals surface area contributed by atoms with Crippen LogP contribution in [0.15, 0.2) is 60.1 Å². The summed E-state index contributed by atoms with van der Waals surface area (Å²) in [4.78, 5) is 29.8. The van der Waals surface area contributed by atoms with Crippen molar-refractivity contribution in [2.75, 3.05) is 27.3 Å². The van der Waals surface area contributed by atoms with Crippen LogP contribution in [0.1, 0.15) is 11.1 Å². The Morgan fingerprint density at radius 2 is 1.97 bits per heavy atom. The highest BCUT2D eigenvalue weighted by Gasteiger charge is 2.37. The standard InChI is InChI=1S/C21H21F3N2O4/c1-4-9-26-11-17(25-19(12-26)21(22,23)24)18(27)10-14-7-5-6-8-15(14)16(13-29-2)20(28)30-3/h4-8,12-13H,1,9-11H2,2-3H3. The number of alkyl halides is 3.